The van der Waals surface area contributed by atoms with Crippen molar-refractivity contribution in [2.24, 2.45) is 0 Å². The molecule has 0 bridgehead atoms. The Morgan fingerprint density at radius 1 is 0.900 bits per heavy atom. The molecule has 1 aromatic heterocycles. The number of benzene rings is 2. The molecule has 0 N–H and O–H groups in total. The summed E-state index contributed by atoms with van der Waals surface area (Å²) in [5, 5.41) is 1.90. The maximum Gasteiger partial charge on any atom is 0.282 e. The molecule has 0 aliphatic carbocycles. The third kappa shape index (κ3) is 3.62. The van der Waals surface area contributed by atoms with E-state index in [9.17, 15) is 9.59 Å². The first-order valence-corrected chi connectivity index (χ1v) is 10.6. The molecule has 0 unspecified atom stereocenters. The summed E-state index contributed by atoms with van der Waals surface area (Å²) in [6.45, 7) is 3.90. The van der Waals surface area contributed by atoms with Crippen LogP contribution >= 0.6 is 11.3 Å². The van der Waals surface area contributed by atoms with Gasteiger partial charge >= 0.3 is 0 Å². The molecule has 0 atom stereocenters. The van der Waals surface area contributed by atoms with Crippen molar-refractivity contribution in [3.63, 3.8) is 0 Å². The lowest BCUT2D eigenvalue weighted by molar-refractivity contribution is -0.120. The number of carbonyl (C=O) groups excluding carboxylic acids is 2. The van der Waals surface area contributed by atoms with Crippen LogP contribution in [-0.4, -0.2) is 25.0 Å². The molecule has 5 nitrogen and oxygen atoms in total. The third-order valence-corrected chi connectivity index (χ3v) is 5.66. The van der Waals surface area contributed by atoms with E-state index in [-0.39, 0.29) is 17.9 Å². The third-order valence-electron chi connectivity index (χ3n) is 4.77. The number of rotatable bonds is 6. The Balaban J connectivity index is 1.75. The lowest BCUT2D eigenvalue weighted by atomic mass is 10.1. The Labute approximate surface area is 179 Å². The van der Waals surface area contributed by atoms with Gasteiger partial charge in [0.1, 0.15) is 11.4 Å². The normalized spacial score (nSPS) is 14.1. The van der Waals surface area contributed by atoms with E-state index in [1.165, 1.54) is 16.2 Å². The van der Waals surface area contributed by atoms with Crippen molar-refractivity contribution in [2.45, 2.75) is 20.0 Å². The minimum Gasteiger partial charge on any atom is -0.491 e. The number of likely N-dealkylation sites (N-methyl/N-ethyl adjacent to an activating group) is 1. The van der Waals surface area contributed by atoms with Crippen LogP contribution in [0.15, 0.2) is 77.8 Å². The van der Waals surface area contributed by atoms with Gasteiger partial charge in [0.05, 0.1) is 17.4 Å². The molecule has 0 spiro atoms. The Hall–Kier alpha value is -3.38. The molecule has 0 fully saturated rings. The zero-order valence-electron chi connectivity index (χ0n) is 17.0. The van der Waals surface area contributed by atoms with Gasteiger partial charge in [-0.3, -0.25) is 9.59 Å². The zero-order chi connectivity index (χ0) is 21.3. The van der Waals surface area contributed by atoms with Crippen LogP contribution in [0.5, 0.6) is 5.75 Å². The van der Waals surface area contributed by atoms with Gasteiger partial charge in [-0.05, 0) is 61.7 Å². The Kier molecular flexibility index (Phi) is 5.42. The van der Waals surface area contributed by atoms with Gasteiger partial charge in [0.2, 0.25) is 0 Å². The first-order chi connectivity index (χ1) is 14.5. The van der Waals surface area contributed by atoms with E-state index in [1.807, 2.05) is 68.7 Å². The second-order valence-electron chi connectivity index (χ2n) is 7.20. The van der Waals surface area contributed by atoms with Crippen LogP contribution in [0, 0.1) is 0 Å². The van der Waals surface area contributed by atoms with Gasteiger partial charge in [0.25, 0.3) is 11.8 Å². The number of anilines is 2. The average Bonchev–Trinajstić information content (AvgIpc) is 3.35. The Morgan fingerprint density at radius 3 is 2.20 bits per heavy atom. The highest BCUT2D eigenvalue weighted by molar-refractivity contribution is 7.11. The second-order valence-corrected chi connectivity index (χ2v) is 8.15. The van der Waals surface area contributed by atoms with E-state index in [4.69, 9.17) is 4.74 Å². The van der Waals surface area contributed by atoms with Crippen LogP contribution in [0.2, 0.25) is 0 Å². The van der Waals surface area contributed by atoms with Crippen molar-refractivity contribution >= 4 is 40.1 Å². The molecule has 6 heteroatoms. The molecule has 0 radical (unpaired) electrons. The fraction of sp³-hybridized carbons (Fsp3) is 0.167. The predicted octanol–water partition coefficient (Wildman–Crippen LogP) is 4.96. The minimum atomic E-state index is -0.340. The van der Waals surface area contributed by atoms with Gasteiger partial charge in [-0.1, -0.05) is 24.3 Å². The SMILES string of the molecule is CC(C)Oc1ccc(N2C(=O)C(c3cccs3)=C(N(C)c3ccccc3)C2=O)cc1. The Morgan fingerprint density at radius 2 is 1.60 bits per heavy atom. The van der Waals surface area contributed by atoms with Crippen LogP contribution in [0.4, 0.5) is 11.4 Å². The number of thiophene rings is 1. The fourth-order valence-corrected chi connectivity index (χ4v) is 4.20. The standard InChI is InChI=1S/C24H22N2O3S/c1-16(2)29-19-13-11-18(12-14-19)26-23(27)21(20-10-7-15-30-20)22(24(26)28)25(3)17-8-5-4-6-9-17/h4-16H,1-3H3. The van der Waals surface area contributed by atoms with Crippen molar-refractivity contribution in [3.05, 3.63) is 82.7 Å². The average molecular weight is 419 g/mol. The number of imide groups is 1. The van der Waals surface area contributed by atoms with Gasteiger partial charge in [0, 0.05) is 17.6 Å². The van der Waals surface area contributed by atoms with Gasteiger partial charge in [-0.2, -0.15) is 0 Å². The molecular weight excluding hydrogens is 396 g/mol. The molecule has 2 heterocycles. The Bertz CT molecular complexity index is 1090. The van der Waals surface area contributed by atoms with Gasteiger partial charge in [0.15, 0.2) is 0 Å². The van der Waals surface area contributed by atoms with Crippen LogP contribution in [-0.2, 0) is 9.59 Å². The van der Waals surface area contributed by atoms with E-state index in [2.05, 4.69) is 0 Å². The van der Waals surface area contributed by atoms with Gasteiger partial charge < -0.3 is 9.64 Å². The summed E-state index contributed by atoms with van der Waals surface area (Å²) in [6.07, 6.45) is 0.0455. The molecule has 3 aromatic rings. The quantitative estimate of drug-likeness (QED) is 0.531. The number of carbonyl (C=O) groups is 2. The van der Waals surface area contributed by atoms with Crippen molar-refractivity contribution in [1.82, 2.24) is 0 Å². The van der Waals surface area contributed by atoms with Crippen molar-refractivity contribution in [3.8, 4) is 5.75 Å². The van der Waals surface area contributed by atoms with Crippen LogP contribution in [0.3, 0.4) is 0 Å². The highest BCUT2D eigenvalue weighted by atomic mass is 32.1. The first-order valence-electron chi connectivity index (χ1n) is 9.70. The van der Waals surface area contributed by atoms with Crippen LogP contribution in [0.1, 0.15) is 18.7 Å². The van der Waals surface area contributed by atoms with E-state index < -0.39 is 0 Å². The zero-order valence-corrected chi connectivity index (χ0v) is 17.8. The smallest absolute Gasteiger partial charge is 0.282 e. The number of ether oxygens (including phenoxy) is 1. The lowest BCUT2D eigenvalue weighted by Crippen LogP contribution is -2.34. The highest BCUT2D eigenvalue weighted by Crippen LogP contribution is 2.37. The molecule has 0 saturated heterocycles. The topological polar surface area (TPSA) is 49.9 Å². The second kappa shape index (κ2) is 8.16. The van der Waals surface area contributed by atoms with E-state index >= 15 is 0 Å². The number of hydrogen-bond donors (Lipinski definition) is 0. The fourth-order valence-electron chi connectivity index (χ4n) is 3.43. The van der Waals surface area contributed by atoms with Crippen molar-refractivity contribution in [2.75, 3.05) is 16.8 Å². The predicted molar refractivity (Wildman–Crippen MR) is 121 cm³/mol. The monoisotopic (exact) mass is 418 g/mol. The van der Waals surface area contributed by atoms with E-state index in [0.717, 1.165) is 10.6 Å². The largest absolute Gasteiger partial charge is 0.491 e. The summed E-state index contributed by atoms with van der Waals surface area (Å²) in [4.78, 5) is 30.7. The van der Waals surface area contributed by atoms with Crippen molar-refractivity contribution < 1.29 is 14.3 Å². The maximum absolute atomic E-state index is 13.5. The van der Waals surface area contributed by atoms with E-state index in [0.29, 0.717) is 22.7 Å². The number of hydrogen-bond acceptors (Lipinski definition) is 5. The summed E-state index contributed by atoms with van der Waals surface area (Å²) in [6, 6.07) is 20.3. The molecule has 1 aliphatic rings. The molecule has 1 aliphatic heterocycles. The molecular formula is C24H22N2O3S. The lowest BCUT2D eigenvalue weighted by Gasteiger charge is -2.21. The van der Waals surface area contributed by atoms with Crippen LogP contribution < -0.4 is 14.5 Å². The molecule has 4 rings (SSSR count). The molecule has 152 valence electrons. The number of amides is 2. The van der Waals surface area contributed by atoms with Crippen LogP contribution in [0.25, 0.3) is 5.57 Å². The van der Waals surface area contributed by atoms with Gasteiger partial charge in [-0.25, -0.2) is 4.90 Å². The molecule has 0 saturated carbocycles. The summed E-state index contributed by atoms with van der Waals surface area (Å²) < 4.78 is 5.68. The summed E-state index contributed by atoms with van der Waals surface area (Å²) >= 11 is 1.44. The summed E-state index contributed by atoms with van der Waals surface area (Å²) in [7, 11) is 1.81. The maximum atomic E-state index is 13.5. The number of para-hydroxylation sites is 1. The van der Waals surface area contributed by atoms with Gasteiger partial charge in [-0.15, -0.1) is 11.3 Å². The first kappa shape index (κ1) is 19.9. The molecule has 2 amide bonds. The van der Waals surface area contributed by atoms with E-state index in [1.54, 1.807) is 29.2 Å². The van der Waals surface area contributed by atoms with Crippen molar-refractivity contribution in [1.29, 1.82) is 0 Å². The molecule has 30 heavy (non-hydrogen) atoms. The minimum absolute atomic E-state index is 0.0455. The number of nitrogens with zero attached hydrogens (tertiary/aromatic N) is 2. The summed E-state index contributed by atoms with van der Waals surface area (Å²) in [5.41, 5.74) is 2.15. The summed E-state index contributed by atoms with van der Waals surface area (Å²) in [5.74, 6) is 0.0333. The molecule has 2 aromatic carbocycles. The highest BCUT2D eigenvalue weighted by Gasteiger charge is 2.42.